The minimum atomic E-state index is -0.837. The van der Waals surface area contributed by atoms with Crippen LogP contribution in [0.25, 0.3) is 0 Å². The topological polar surface area (TPSA) is 55.8 Å². The molecular formula is C33H42O4. The second-order valence-electron chi connectivity index (χ2n) is 12.8. The molecule has 0 heterocycles. The van der Waals surface area contributed by atoms with Crippen molar-refractivity contribution in [1.82, 2.24) is 0 Å². The smallest absolute Gasteiger partial charge is 0.338 e. The number of fused-ring (bicyclic) bond motifs is 5. The lowest BCUT2D eigenvalue weighted by Gasteiger charge is -2.61. The Bertz CT molecular complexity index is 1090. The molecule has 4 heteroatoms. The van der Waals surface area contributed by atoms with Gasteiger partial charge in [-0.3, -0.25) is 0 Å². The van der Waals surface area contributed by atoms with E-state index in [1.165, 1.54) is 32.1 Å². The molecule has 4 fully saturated rings. The molecule has 0 aromatic heterocycles. The van der Waals surface area contributed by atoms with Crippen molar-refractivity contribution in [3.8, 4) is 0 Å². The molecule has 1 N–H and O–H groups in total. The summed E-state index contributed by atoms with van der Waals surface area (Å²) in [6.45, 7) is 4.97. The molecule has 4 unspecified atom stereocenters. The Morgan fingerprint density at radius 1 is 0.838 bits per heavy atom. The molecule has 4 saturated carbocycles. The van der Waals surface area contributed by atoms with Crippen molar-refractivity contribution in [2.45, 2.75) is 90.1 Å². The van der Waals surface area contributed by atoms with Crippen LogP contribution in [-0.4, -0.2) is 23.3 Å². The number of rotatable bonds is 5. The van der Waals surface area contributed by atoms with Crippen LogP contribution >= 0.6 is 0 Å². The zero-order valence-corrected chi connectivity index (χ0v) is 22.4. The first-order valence-electron chi connectivity index (χ1n) is 14.5. The lowest BCUT2D eigenvalue weighted by atomic mass is 9.45. The number of hydrogen-bond acceptors (Lipinski definition) is 4. The fourth-order valence-electron chi connectivity index (χ4n) is 9.14. The van der Waals surface area contributed by atoms with Crippen molar-refractivity contribution < 1.29 is 19.4 Å². The van der Waals surface area contributed by atoms with Gasteiger partial charge in [-0.25, -0.2) is 4.79 Å². The summed E-state index contributed by atoms with van der Waals surface area (Å²) in [6.07, 6.45) is 9.68. The van der Waals surface area contributed by atoms with Crippen molar-refractivity contribution >= 4 is 5.97 Å². The fraction of sp³-hybridized carbons (Fsp3) is 0.606. The van der Waals surface area contributed by atoms with E-state index >= 15 is 0 Å². The molecule has 198 valence electrons. The summed E-state index contributed by atoms with van der Waals surface area (Å²) in [6, 6.07) is 19.2. The third-order valence-corrected chi connectivity index (χ3v) is 11.2. The van der Waals surface area contributed by atoms with Crippen LogP contribution in [-0.2, 0) is 9.47 Å². The molecular weight excluding hydrogens is 460 g/mol. The van der Waals surface area contributed by atoms with Crippen molar-refractivity contribution in [3.05, 3.63) is 71.8 Å². The van der Waals surface area contributed by atoms with Crippen LogP contribution in [0.15, 0.2) is 60.7 Å². The lowest BCUT2D eigenvalue weighted by molar-refractivity contribution is -0.184. The van der Waals surface area contributed by atoms with Gasteiger partial charge in [-0.05, 0) is 99.0 Å². The van der Waals surface area contributed by atoms with Crippen molar-refractivity contribution in [1.29, 1.82) is 0 Å². The van der Waals surface area contributed by atoms with Crippen molar-refractivity contribution in [2.75, 3.05) is 0 Å². The molecule has 9 atom stereocenters. The number of carbonyl (C=O) groups is 1. The van der Waals surface area contributed by atoms with E-state index in [9.17, 15) is 9.90 Å². The average molecular weight is 503 g/mol. The zero-order chi connectivity index (χ0) is 25.6. The lowest BCUT2D eigenvalue weighted by Crippen LogP contribution is -2.54. The van der Waals surface area contributed by atoms with Gasteiger partial charge in [0.1, 0.15) is 6.10 Å². The zero-order valence-electron chi connectivity index (χ0n) is 22.4. The molecule has 4 aliphatic carbocycles. The van der Waals surface area contributed by atoms with Gasteiger partial charge in [0.15, 0.2) is 6.29 Å². The van der Waals surface area contributed by atoms with Crippen LogP contribution in [0.4, 0.5) is 0 Å². The summed E-state index contributed by atoms with van der Waals surface area (Å²) < 4.78 is 12.4. The molecule has 4 aliphatic rings. The van der Waals surface area contributed by atoms with E-state index in [0.717, 1.165) is 43.1 Å². The molecule has 4 nitrogen and oxygen atoms in total. The summed E-state index contributed by atoms with van der Waals surface area (Å²) in [5, 5.41) is 10.7. The minimum Gasteiger partial charge on any atom is -0.458 e. The first-order valence-corrected chi connectivity index (χ1v) is 14.5. The van der Waals surface area contributed by atoms with E-state index < -0.39 is 6.29 Å². The maximum absolute atomic E-state index is 12.9. The number of aliphatic hydroxyl groups is 1. The Labute approximate surface area is 221 Å². The average Bonchev–Trinajstić information content (AvgIpc) is 3.25. The number of esters is 1. The molecule has 0 amide bonds. The number of hydrogen-bond donors (Lipinski definition) is 1. The van der Waals surface area contributed by atoms with Crippen LogP contribution in [0.1, 0.15) is 93.8 Å². The summed E-state index contributed by atoms with van der Waals surface area (Å²) in [5.74, 6) is 2.61. The van der Waals surface area contributed by atoms with E-state index in [-0.39, 0.29) is 23.6 Å². The first kappa shape index (κ1) is 25.1. The van der Waals surface area contributed by atoms with Crippen LogP contribution in [0, 0.1) is 34.5 Å². The molecule has 0 aliphatic heterocycles. The second-order valence-corrected chi connectivity index (χ2v) is 12.8. The molecule has 6 rings (SSSR count). The summed E-state index contributed by atoms with van der Waals surface area (Å²) >= 11 is 0. The van der Waals surface area contributed by atoms with Gasteiger partial charge in [0.05, 0.1) is 11.7 Å². The van der Waals surface area contributed by atoms with Crippen LogP contribution in [0.3, 0.4) is 0 Å². The van der Waals surface area contributed by atoms with Gasteiger partial charge < -0.3 is 14.6 Å². The maximum atomic E-state index is 12.9. The van der Waals surface area contributed by atoms with E-state index in [2.05, 4.69) is 13.8 Å². The predicted molar refractivity (Wildman–Crippen MR) is 144 cm³/mol. The van der Waals surface area contributed by atoms with E-state index in [1.807, 2.05) is 60.7 Å². The largest absolute Gasteiger partial charge is 0.458 e. The van der Waals surface area contributed by atoms with E-state index in [1.54, 1.807) is 0 Å². The van der Waals surface area contributed by atoms with Gasteiger partial charge in [0.25, 0.3) is 0 Å². The standard InChI is InChI=1S/C33H42O4/c1-32-19-17-25(36-30(34)22-9-5-3-6-10-22)21-24(32)13-14-26-27-15-16-29(33(27,2)20-18-28(26)32)37-31(35)23-11-7-4-8-12-23/h3-12,24-30,34H,13-21H2,1-2H3/t24-,25-,26?,27?,28?,29-,30?,32-,33-/m0/s1. The van der Waals surface area contributed by atoms with E-state index in [4.69, 9.17) is 9.47 Å². The van der Waals surface area contributed by atoms with Crippen LogP contribution < -0.4 is 0 Å². The predicted octanol–water partition coefficient (Wildman–Crippen LogP) is 7.33. The number of aliphatic hydroxyl groups excluding tert-OH is 1. The quantitative estimate of drug-likeness (QED) is 0.343. The van der Waals surface area contributed by atoms with Gasteiger partial charge in [0.2, 0.25) is 0 Å². The molecule has 2 aromatic rings. The van der Waals surface area contributed by atoms with Crippen molar-refractivity contribution in [3.63, 3.8) is 0 Å². The van der Waals surface area contributed by atoms with Gasteiger partial charge in [-0.2, -0.15) is 0 Å². The van der Waals surface area contributed by atoms with Crippen LogP contribution in [0.2, 0.25) is 0 Å². The molecule has 0 bridgehead atoms. The number of carbonyl (C=O) groups excluding carboxylic acids is 1. The highest BCUT2D eigenvalue weighted by Crippen LogP contribution is 2.66. The summed E-state index contributed by atoms with van der Waals surface area (Å²) in [4.78, 5) is 12.9. The first-order chi connectivity index (χ1) is 17.9. The van der Waals surface area contributed by atoms with Gasteiger partial charge in [-0.1, -0.05) is 62.4 Å². The summed E-state index contributed by atoms with van der Waals surface area (Å²) in [7, 11) is 0. The Hall–Kier alpha value is -2.17. The fourth-order valence-corrected chi connectivity index (χ4v) is 9.14. The molecule has 0 radical (unpaired) electrons. The van der Waals surface area contributed by atoms with Crippen LogP contribution in [0.5, 0.6) is 0 Å². The van der Waals surface area contributed by atoms with Crippen molar-refractivity contribution in [2.24, 2.45) is 34.5 Å². The molecule has 37 heavy (non-hydrogen) atoms. The Morgan fingerprint density at radius 3 is 2.27 bits per heavy atom. The Balaban J connectivity index is 1.12. The third kappa shape index (κ3) is 4.44. The Morgan fingerprint density at radius 2 is 1.51 bits per heavy atom. The highest BCUT2D eigenvalue weighted by Gasteiger charge is 2.61. The molecule has 2 aromatic carbocycles. The normalized spacial score (nSPS) is 39.6. The summed E-state index contributed by atoms with van der Waals surface area (Å²) in [5.41, 5.74) is 1.94. The van der Waals surface area contributed by atoms with Gasteiger partial charge >= 0.3 is 5.97 Å². The SMILES string of the molecule is C[C@]12CCC3C(CC[C@H]4C[C@@H](OC(O)c5ccccc5)CC[C@]34C)C1CC[C@@H]2OC(=O)c1ccccc1. The number of benzene rings is 2. The van der Waals surface area contributed by atoms with Gasteiger partial charge in [-0.15, -0.1) is 0 Å². The minimum absolute atomic E-state index is 0.0281. The molecule has 0 saturated heterocycles. The monoisotopic (exact) mass is 502 g/mol. The highest BCUT2D eigenvalue weighted by atomic mass is 16.6. The molecule has 0 spiro atoms. The van der Waals surface area contributed by atoms with E-state index in [0.29, 0.717) is 22.8 Å². The second kappa shape index (κ2) is 9.85. The Kier molecular flexibility index (Phi) is 6.69. The van der Waals surface area contributed by atoms with Gasteiger partial charge in [0, 0.05) is 11.0 Å². The highest BCUT2D eigenvalue weighted by molar-refractivity contribution is 5.89. The number of ether oxygens (including phenoxy) is 2. The maximum Gasteiger partial charge on any atom is 0.338 e. The third-order valence-electron chi connectivity index (χ3n) is 11.2.